The molecule has 2 atom stereocenters. The molecule has 2 aromatic carbocycles. The number of benzene rings is 2. The third-order valence-electron chi connectivity index (χ3n) is 5.12. The summed E-state index contributed by atoms with van der Waals surface area (Å²) in [6, 6.07) is 10.1. The van der Waals surface area contributed by atoms with Crippen LogP contribution >= 0.6 is 0 Å². The fraction of sp³-hybridized carbons (Fsp3) is 0.429. The van der Waals surface area contributed by atoms with Crippen LogP contribution in [-0.4, -0.2) is 44.4 Å². The second-order valence-corrected chi connectivity index (χ2v) is 6.66. The maximum Gasteiger partial charge on any atom is 0.127 e. The van der Waals surface area contributed by atoms with Crippen molar-refractivity contribution in [2.75, 3.05) is 34.4 Å². The highest BCUT2D eigenvalue weighted by Gasteiger charge is 2.31. The Morgan fingerprint density at radius 1 is 1.07 bits per heavy atom. The van der Waals surface area contributed by atoms with Gasteiger partial charge in [-0.25, -0.2) is 4.39 Å². The fourth-order valence-corrected chi connectivity index (χ4v) is 3.78. The van der Waals surface area contributed by atoms with E-state index < -0.39 is 6.10 Å². The number of nitrogens with zero attached hydrogens (tertiary/aromatic N) is 1. The zero-order valence-electron chi connectivity index (χ0n) is 15.9. The van der Waals surface area contributed by atoms with Gasteiger partial charge in [-0.05, 0) is 43.7 Å². The molecule has 5 nitrogen and oxygen atoms in total. The van der Waals surface area contributed by atoms with Gasteiger partial charge in [0, 0.05) is 29.8 Å². The molecule has 0 spiro atoms. The van der Waals surface area contributed by atoms with Crippen molar-refractivity contribution >= 4 is 0 Å². The Bertz CT molecular complexity index is 783. The van der Waals surface area contributed by atoms with E-state index in [0.29, 0.717) is 17.9 Å². The van der Waals surface area contributed by atoms with Crippen LogP contribution in [0.15, 0.2) is 36.4 Å². The average molecular weight is 375 g/mol. The molecule has 3 rings (SSSR count). The fourth-order valence-electron chi connectivity index (χ4n) is 3.78. The Kier molecular flexibility index (Phi) is 6.19. The van der Waals surface area contributed by atoms with E-state index in [1.807, 2.05) is 18.2 Å². The van der Waals surface area contributed by atoms with E-state index in [1.165, 1.54) is 19.2 Å². The Morgan fingerprint density at radius 2 is 1.85 bits per heavy atom. The second kappa shape index (κ2) is 8.59. The zero-order valence-corrected chi connectivity index (χ0v) is 15.9. The molecule has 27 heavy (non-hydrogen) atoms. The molecule has 1 saturated heterocycles. The molecule has 0 amide bonds. The van der Waals surface area contributed by atoms with Gasteiger partial charge in [0.1, 0.15) is 23.1 Å². The Hall–Kier alpha value is -2.31. The van der Waals surface area contributed by atoms with Crippen LogP contribution in [0, 0.1) is 5.82 Å². The van der Waals surface area contributed by atoms with Crippen molar-refractivity contribution in [2.45, 2.75) is 25.0 Å². The molecule has 1 aliphatic rings. The van der Waals surface area contributed by atoms with Crippen LogP contribution in [0.3, 0.4) is 0 Å². The van der Waals surface area contributed by atoms with Gasteiger partial charge in [-0.1, -0.05) is 6.07 Å². The van der Waals surface area contributed by atoms with E-state index in [0.717, 1.165) is 36.4 Å². The highest BCUT2D eigenvalue weighted by molar-refractivity contribution is 5.43. The van der Waals surface area contributed by atoms with Gasteiger partial charge in [-0.3, -0.25) is 4.90 Å². The molecule has 1 fully saturated rings. The molecule has 0 unspecified atom stereocenters. The Balaban J connectivity index is 1.82. The number of hydrogen-bond donors (Lipinski definition) is 1. The van der Waals surface area contributed by atoms with Gasteiger partial charge in [-0.2, -0.15) is 0 Å². The van der Waals surface area contributed by atoms with Gasteiger partial charge in [0.2, 0.25) is 0 Å². The molecule has 0 aromatic heterocycles. The van der Waals surface area contributed by atoms with Crippen molar-refractivity contribution in [3.8, 4) is 17.2 Å². The van der Waals surface area contributed by atoms with Crippen molar-refractivity contribution in [1.29, 1.82) is 0 Å². The van der Waals surface area contributed by atoms with Crippen LogP contribution in [0.2, 0.25) is 0 Å². The predicted octanol–water partition coefficient (Wildman–Crippen LogP) is 3.72. The third-order valence-corrected chi connectivity index (χ3v) is 5.12. The average Bonchev–Trinajstić information content (AvgIpc) is 3.15. The monoisotopic (exact) mass is 375 g/mol. The number of aliphatic hydroxyl groups is 1. The summed E-state index contributed by atoms with van der Waals surface area (Å²) in [6.07, 6.45) is 1.14. The Labute approximate surface area is 159 Å². The molecular formula is C21H26FNO4. The predicted molar refractivity (Wildman–Crippen MR) is 101 cm³/mol. The summed E-state index contributed by atoms with van der Waals surface area (Å²) < 4.78 is 29.8. The first-order valence-electron chi connectivity index (χ1n) is 9.04. The summed E-state index contributed by atoms with van der Waals surface area (Å²) in [4.78, 5) is 2.21. The first-order chi connectivity index (χ1) is 13.1. The second-order valence-electron chi connectivity index (χ2n) is 6.66. The molecule has 1 N–H and O–H groups in total. The van der Waals surface area contributed by atoms with Crippen molar-refractivity contribution in [3.63, 3.8) is 0 Å². The number of likely N-dealkylation sites (tertiary alicyclic amines) is 1. The van der Waals surface area contributed by atoms with Gasteiger partial charge < -0.3 is 19.3 Å². The minimum Gasteiger partial charge on any atom is -0.497 e. The molecule has 1 heterocycles. The number of β-amino-alcohol motifs (C(OH)–C–C–N with tert-alkyl or cyclic N) is 1. The van der Waals surface area contributed by atoms with Crippen molar-refractivity contribution in [1.82, 2.24) is 4.90 Å². The van der Waals surface area contributed by atoms with E-state index in [1.54, 1.807) is 20.3 Å². The smallest absolute Gasteiger partial charge is 0.127 e. The van der Waals surface area contributed by atoms with Crippen LogP contribution in [-0.2, 0) is 0 Å². The number of hydrogen-bond acceptors (Lipinski definition) is 5. The van der Waals surface area contributed by atoms with E-state index in [-0.39, 0.29) is 11.9 Å². The lowest BCUT2D eigenvalue weighted by Gasteiger charge is -2.28. The van der Waals surface area contributed by atoms with Crippen LogP contribution in [0.4, 0.5) is 4.39 Å². The number of aliphatic hydroxyl groups excluding tert-OH is 1. The van der Waals surface area contributed by atoms with Gasteiger partial charge in [0.25, 0.3) is 0 Å². The SMILES string of the molecule is COc1ccc([C@@H]2CCCN2C[C@@H](O)c2cc(F)ccc2OC)c(OC)c1. The molecule has 2 aromatic rings. The summed E-state index contributed by atoms with van der Waals surface area (Å²) >= 11 is 0. The topological polar surface area (TPSA) is 51.2 Å². The zero-order chi connectivity index (χ0) is 19.4. The van der Waals surface area contributed by atoms with Crippen LogP contribution in [0.5, 0.6) is 17.2 Å². The third kappa shape index (κ3) is 4.17. The highest BCUT2D eigenvalue weighted by Crippen LogP contribution is 2.40. The van der Waals surface area contributed by atoms with Crippen molar-refractivity contribution in [2.24, 2.45) is 0 Å². The lowest BCUT2D eigenvalue weighted by molar-refractivity contribution is 0.103. The van der Waals surface area contributed by atoms with Gasteiger partial charge >= 0.3 is 0 Å². The summed E-state index contributed by atoms with van der Waals surface area (Å²) in [5.41, 5.74) is 1.53. The molecule has 0 bridgehead atoms. The van der Waals surface area contributed by atoms with Crippen LogP contribution in [0.25, 0.3) is 0 Å². The summed E-state index contributed by atoms with van der Waals surface area (Å²) in [6.45, 7) is 1.24. The molecule has 0 radical (unpaired) electrons. The molecule has 146 valence electrons. The molecular weight excluding hydrogens is 349 g/mol. The van der Waals surface area contributed by atoms with E-state index in [4.69, 9.17) is 14.2 Å². The molecule has 0 aliphatic carbocycles. The summed E-state index contributed by atoms with van der Waals surface area (Å²) in [5.74, 6) is 1.61. The minimum absolute atomic E-state index is 0.125. The van der Waals surface area contributed by atoms with E-state index >= 15 is 0 Å². The number of rotatable bonds is 7. The van der Waals surface area contributed by atoms with Gasteiger partial charge in [0.05, 0.1) is 27.4 Å². The molecule has 0 saturated carbocycles. The van der Waals surface area contributed by atoms with Crippen molar-refractivity contribution in [3.05, 3.63) is 53.3 Å². The minimum atomic E-state index is -0.847. The maximum atomic E-state index is 13.7. The molecule has 6 heteroatoms. The van der Waals surface area contributed by atoms with E-state index in [9.17, 15) is 9.50 Å². The normalized spacial score (nSPS) is 18.3. The number of methoxy groups -OCH3 is 3. The van der Waals surface area contributed by atoms with Gasteiger partial charge in [-0.15, -0.1) is 0 Å². The summed E-state index contributed by atoms with van der Waals surface area (Å²) in [5, 5.41) is 10.8. The maximum absolute atomic E-state index is 13.7. The summed E-state index contributed by atoms with van der Waals surface area (Å²) in [7, 11) is 4.79. The van der Waals surface area contributed by atoms with Crippen molar-refractivity contribution < 1.29 is 23.7 Å². The number of halogens is 1. The Morgan fingerprint density at radius 3 is 2.56 bits per heavy atom. The van der Waals surface area contributed by atoms with E-state index in [2.05, 4.69) is 4.90 Å². The van der Waals surface area contributed by atoms with Crippen LogP contribution < -0.4 is 14.2 Å². The van der Waals surface area contributed by atoms with Crippen LogP contribution in [0.1, 0.15) is 36.1 Å². The largest absolute Gasteiger partial charge is 0.497 e. The first-order valence-corrected chi connectivity index (χ1v) is 9.04. The lowest BCUT2D eigenvalue weighted by atomic mass is 10.0. The van der Waals surface area contributed by atoms with Gasteiger partial charge in [0.15, 0.2) is 0 Å². The lowest BCUT2D eigenvalue weighted by Crippen LogP contribution is -2.29. The first kappa shape index (κ1) is 19.5. The molecule has 1 aliphatic heterocycles. The number of ether oxygens (including phenoxy) is 3. The highest BCUT2D eigenvalue weighted by atomic mass is 19.1. The standard InChI is InChI=1S/C21H26FNO4/c1-25-15-7-8-16(21(12-15)27-3)18-5-4-10-23(18)13-19(24)17-11-14(22)6-9-20(17)26-2/h6-9,11-12,18-19,24H,4-5,10,13H2,1-3H3/t18-,19+/m0/s1. The quantitative estimate of drug-likeness (QED) is 0.799.